The van der Waals surface area contributed by atoms with Crippen molar-refractivity contribution in [3.63, 3.8) is 0 Å². The predicted molar refractivity (Wildman–Crippen MR) is 112 cm³/mol. The number of piperidine rings is 1. The number of hydrogen-bond donors (Lipinski definition) is 1. The first-order valence-electron chi connectivity index (χ1n) is 9.44. The summed E-state index contributed by atoms with van der Waals surface area (Å²) in [6.45, 7) is 8.66. The molecule has 1 atom stereocenters. The smallest absolute Gasteiger partial charge is 0.193 e. The Kier molecular flexibility index (Phi) is 11.3. The van der Waals surface area contributed by atoms with Crippen LogP contribution in [0.2, 0.25) is 0 Å². The lowest BCUT2D eigenvalue weighted by atomic mass is 9.96. The van der Waals surface area contributed by atoms with Crippen molar-refractivity contribution in [1.29, 1.82) is 0 Å². The van der Waals surface area contributed by atoms with Gasteiger partial charge < -0.3 is 15.0 Å². The van der Waals surface area contributed by atoms with Crippen LogP contribution >= 0.6 is 24.0 Å². The minimum Gasteiger partial charge on any atom is -0.381 e. The zero-order chi connectivity index (χ0) is 16.5. The van der Waals surface area contributed by atoms with Gasteiger partial charge in [0, 0.05) is 53.0 Å². The van der Waals surface area contributed by atoms with Gasteiger partial charge in [0.2, 0.25) is 0 Å². The number of rotatable bonds is 6. The van der Waals surface area contributed by atoms with E-state index >= 15 is 0 Å². The summed E-state index contributed by atoms with van der Waals surface area (Å²) in [5.41, 5.74) is 0. The second-order valence-corrected chi connectivity index (χ2v) is 7.12. The number of hydrogen-bond acceptors (Lipinski definition) is 3. The highest BCUT2D eigenvalue weighted by Crippen LogP contribution is 2.18. The van der Waals surface area contributed by atoms with Crippen molar-refractivity contribution in [3.05, 3.63) is 0 Å². The molecule has 1 unspecified atom stereocenters. The summed E-state index contributed by atoms with van der Waals surface area (Å²) >= 11 is 0. The first-order valence-corrected chi connectivity index (χ1v) is 9.44. The Bertz CT molecular complexity index is 361. The predicted octanol–water partition coefficient (Wildman–Crippen LogP) is 2.80. The van der Waals surface area contributed by atoms with Crippen molar-refractivity contribution >= 4 is 29.9 Å². The fourth-order valence-corrected chi connectivity index (χ4v) is 3.70. The fourth-order valence-electron chi connectivity index (χ4n) is 3.70. The van der Waals surface area contributed by atoms with Gasteiger partial charge in [-0.05, 0) is 51.5 Å². The number of halogens is 1. The van der Waals surface area contributed by atoms with Gasteiger partial charge >= 0.3 is 0 Å². The quantitative estimate of drug-likeness (QED) is 0.382. The molecular weight excluding hydrogens is 415 g/mol. The van der Waals surface area contributed by atoms with E-state index in [0.717, 1.165) is 50.8 Å². The number of ether oxygens (including phenoxy) is 1. The van der Waals surface area contributed by atoms with Gasteiger partial charge in [0.15, 0.2) is 5.96 Å². The summed E-state index contributed by atoms with van der Waals surface area (Å²) < 4.78 is 5.44. The van der Waals surface area contributed by atoms with E-state index in [1.807, 2.05) is 7.05 Å². The molecule has 24 heavy (non-hydrogen) atoms. The van der Waals surface area contributed by atoms with Crippen LogP contribution in [0, 0.1) is 5.92 Å². The fraction of sp³-hybridized carbons (Fsp3) is 0.944. The van der Waals surface area contributed by atoms with Crippen molar-refractivity contribution in [3.8, 4) is 0 Å². The Labute approximate surface area is 165 Å². The molecule has 2 saturated heterocycles. The molecule has 0 aromatic heterocycles. The number of aliphatic imine (C=N–C) groups is 1. The molecule has 6 heteroatoms. The van der Waals surface area contributed by atoms with Crippen molar-refractivity contribution in [2.75, 3.05) is 53.5 Å². The van der Waals surface area contributed by atoms with Gasteiger partial charge in [-0.3, -0.25) is 9.89 Å². The maximum absolute atomic E-state index is 5.44. The molecule has 0 aromatic rings. The highest BCUT2D eigenvalue weighted by Gasteiger charge is 2.18. The topological polar surface area (TPSA) is 40.1 Å². The first-order chi connectivity index (χ1) is 11.2. The Hall–Kier alpha value is -0.0800. The van der Waals surface area contributed by atoms with Crippen LogP contribution in [0.3, 0.4) is 0 Å². The van der Waals surface area contributed by atoms with Gasteiger partial charge in [-0.15, -0.1) is 24.0 Å². The molecule has 0 radical (unpaired) electrons. The van der Waals surface area contributed by atoms with Gasteiger partial charge in [0.05, 0.1) is 0 Å². The van der Waals surface area contributed by atoms with E-state index in [4.69, 9.17) is 4.74 Å². The second-order valence-electron chi connectivity index (χ2n) is 7.12. The molecule has 2 rings (SSSR count). The van der Waals surface area contributed by atoms with Crippen LogP contribution in [0.1, 0.15) is 45.4 Å². The molecule has 0 saturated carbocycles. The zero-order valence-corrected chi connectivity index (χ0v) is 18.1. The van der Waals surface area contributed by atoms with Crippen LogP contribution in [0.15, 0.2) is 4.99 Å². The highest BCUT2D eigenvalue weighted by molar-refractivity contribution is 14.0. The molecular formula is C18H37IN4O. The lowest BCUT2D eigenvalue weighted by molar-refractivity contribution is 0.0625. The summed E-state index contributed by atoms with van der Waals surface area (Å²) in [5.74, 6) is 1.85. The molecule has 2 fully saturated rings. The third-order valence-corrected chi connectivity index (χ3v) is 5.41. The normalized spacial score (nSPS) is 23.6. The number of nitrogens with zero attached hydrogens (tertiary/aromatic N) is 3. The van der Waals surface area contributed by atoms with E-state index in [-0.39, 0.29) is 24.0 Å². The van der Waals surface area contributed by atoms with Gasteiger partial charge in [0.1, 0.15) is 0 Å². The Morgan fingerprint density at radius 3 is 2.67 bits per heavy atom. The molecule has 0 bridgehead atoms. The molecule has 0 aromatic carbocycles. The summed E-state index contributed by atoms with van der Waals surface area (Å²) in [4.78, 5) is 9.32. The van der Waals surface area contributed by atoms with Crippen LogP contribution in [0.4, 0.5) is 0 Å². The lowest BCUT2D eigenvalue weighted by Gasteiger charge is -2.33. The minimum absolute atomic E-state index is 0. The van der Waals surface area contributed by atoms with Crippen LogP contribution in [0.5, 0.6) is 0 Å². The third-order valence-electron chi connectivity index (χ3n) is 5.41. The summed E-state index contributed by atoms with van der Waals surface area (Å²) in [6.07, 6.45) is 7.76. The average Bonchev–Trinajstić information content (AvgIpc) is 2.59. The molecule has 142 valence electrons. The lowest BCUT2D eigenvalue weighted by Crippen LogP contribution is -2.46. The molecule has 1 N–H and O–H groups in total. The molecule has 0 amide bonds. The zero-order valence-electron chi connectivity index (χ0n) is 15.8. The summed E-state index contributed by atoms with van der Waals surface area (Å²) in [7, 11) is 4.04. The molecule has 2 aliphatic rings. The molecule has 5 nitrogen and oxygen atoms in total. The van der Waals surface area contributed by atoms with E-state index < -0.39 is 0 Å². The van der Waals surface area contributed by atoms with Gasteiger partial charge in [-0.25, -0.2) is 0 Å². The van der Waals surface area contributed by atoms with E-state index in [0.29, 0.717) is 0 Å². The van der Waals surface area contributed by atoms with Gasteiger partial charge in [-0.1, -0.05) is 6.42 Å². The van der Waals surface area contributed by atoms with Crippen LogP contribution in [-0.2, 0) is 4.74 Å². The van der Waals surface area contributed by atoms with Crippen molar-refractivity contribution in [2.24, 2.45) is 10.9 Å². The van der Waals surface area contributed by atoms with E-state index in [1.54, 1.807) is 0 Å². The first kappa shape index (κ1) is 22.0. The molecule has 2 heterocycles. The number of likely N-dealkylation sites (tertiary alicyclic amines) is 1. The molecule has 0 spiro atoms. The van der Waals surface area contributed by atoms with Gasteiger partial charge in [0.25, 0.3) is 0 Å². The Morgan fingerprint density at radius 2 is 2.00 bits per heavy atom. The SMILES string of the molecule is CN=C(NCCN1CCCCC1C)N(C)CCC1CCOCC1.I. The Balaban J connectivity index is 0.00000288. The third kappa shape index (κ3) is 7.44. The minimum atomic E-state index is 0. The standard InChI is InChI=1S/C18H36N4O.HI/c1-16-6-4-5-11-22(16)13-10-20-18(19-2)21(3)12-7-17-8-14-23-15-9-17;/h16-17H,4-15H2,1-3H3,(H,19,20);1H. The monoisotopic (exact) mass is 452 g/mol. The number of nitrogens with one attached hydrogen (secondary N) is 1. The van der Waals surface area contributed by atoms with Gasteiger partial charge in [-0.2, -0.15) is 0 Å². The maximum atomic E-state index is 5.44. The highest BCUT2D eigenvalue weighted by atomic mass is 127. The van der Waals surface area contributed by atoms with E-state index in [9.17, 15) is 0 Å². The largest absolute Gasteiger partial charge is 0.381 e. The molecule has 2 aliphatic heterocycles. The molecule has 0 aliphatic carbocycles. The second kappa shape index (κ2) is 12.3. The van der Waals surface area contributed by atoms with E-state index in [1.165, 1.54) is 45.1 Å². The van der Waals surface area contributed by atoms with Crippen LogP contribution in [-0.4, -0.2) is 75.3 Å². The van der Waals surface area contributed by atoms with Crippen LogP contribution < -0.4 is 5.32 Å². The van der Waals surface area contributed by atoms with Crippen molar-refractivity contribution < 1.29 is 4.74 Å². The summed E-state index contributed by atoms with van der Waals surface area (Å²) in [6, 6.07) is 0.735. The Morgan fingerprint density at radius 1 is 1.25 bits per heavy atom. The van der Waals surface area contributed by atoms with Crippen LogP contribution in [0.25, 0.3) is 0 Å². The van der Waals surface area contributed by atoms with E-state index in [2.05, 4.69) is 34.1 Å². The van der Waals surface area contributed by atoms with Crippen molar-refractivity contribution in [1.82, 2.24) is 15.1 Å². The number of guanidine groups is 1. The maximum Gasteiger partial charge on any atom is 0.193 e. The summed E-state index contributed by atoms with van der Waals surface area (Å²) in [5, 5.41) is 3.53. The average molecular weight is 452 g/mol. The van der Waals surface area contributed by atoms with Crippen molar-refractivity contribution in [2.45, 2.75) is 51.5 Å².